The number of anilines is 1. The molecule has 146 valence electrons. The van der Waals surface area contributed by atoms with Gasteiger partial charge in [-0.2, -0.15) is 4.31 Å². The Morgan fingerprint density at radius 2 is 2.00 bits per heavy atom. The lowest BCUT2D eigenvalue weighted by Crippen LogP contribution is -2.49. The van der Waals surface area contributed by atoms with Gasteiger partial charge in [-0.1, -0.05) is 6.07 Å². The van der Waals surface area contributed by atoms with Crippen molar-refractivity contribution in [1.82, 2.24) is 9.62 Å². The summed E-state index contributed by atoms with van der Waals surface area (Å²) in [7, 11) is -3.88. The summed E-state index contributed by atoms with van der Waals surface area (Å²) in [5.41, 5.74) is 0.241. The molecule has 2 aliphatic heterocycles. The molecule has 2 aliphatic rings. The SMILES string of the molecule is O=C1CN(S(=O)(=O)c2cccc(NC(=O)[C@@H]3CC[C@H](C(=O)O)O3)c2)CCN1. The molecule has 0 saturated carbocycles. The Kier molecular flexibility index (Phi) is 5.44. The number of sulfonamides is 1. The second kappa shape index (κ2) is 7.62. The van der Waals surface area contributed by atoms with Crippen LogP contribution in [0.3, 0.4) is 0 Å². The van der Waals surface area contributed by atoms with Crippen LogP contribution in [-0.4, -0.2) is 67.5 Å². The maximum Gasteiger partial charge on any atom is 0.332 e. The van der Waals surface area contributed by atoms with Crippen molar-refractivity contribution < 1.29 is 32.6 Å². The number of rotatable bonds is 5. The average molecular weight is 397 g/mol. The van der Waals surface area contributed by atoms with Gasteiger partial charge in [0.2, 0.25) is 15.9 Å². The number of aliphatic carboxylic acids is 1. The number of hydrogen-bond donors (Lipinski definition) is 3. The highest BCUT2D eigenvalue weighted by molar-refractivity contribution is 7.89. The van der Waals surface area contributed by atoms with Crippen LogP contribution >= 0.6 is 0 Å². The zero-order valence-corrected chi connectivity index (χ0v) is 15.1. The first-order valence-electron chi connectivity index (χ1n) is 8.33. The van der Waals surface area contributed by atoms with E-state index in [1.807, 2.05) is 0 Å². The molecule has 0 aliphatic carbocycles. The van der Waals surface area contributed by atoms with Gasteiger partial charge in [0.1, 0.15) is 6.10 Å². The minimum atomic E-state index is -3.88. The van der Waals surface area contributed by atoms with Gasteiger partial charge in [-0.05, 0) is 31.0 Å². The average Bonchev–Trinajstić information content (AvgIpc) is 3.12. The zero-order chi connectivity index (χ0) is 19.6. The Labute approximate surface area is 155 Å². The van der Waals surface area contributed by atoms with Crippen LogP contribution in [0.5, 0.6) is 0 Å². The molecule has 10 nitrogen and oxygen atoms in total. The van der Waals surface area contributed by atoms with Gasteiger partial charge in [0.15, 0.2) is 6.10 Å². The number of nitrogens with zero attached hydrogens (tertiary/aromatic N) is 1. The lowest BCUT2D eigenvalue weighted by molar-refractivity contribution is -0.150. The van der Waals surface area contributed by atoms with Crippen molar-refractivity contribution in [2.24, 2.45) is 0 Å². The molecule has 0 bridgehead atoms. The number of ether oxygens (including phenoxy) is 1. The third-order valence-electron chi connectivity index (χ3n) is 4.33. The lowest BCUT2D eigenvalue weighted by Gasteiger charge is -2.26. The molecule has 2 fully saturated rings. The van der Waals surface area contributed by atoms with Gasteiger partial charge in [-0.25, -0.2) is 13.2 Å². The van der Waals surface area contributed by atoms with Crippen LogP contribution in [0.2, 0.25) is 0 Å². The van der Waals surface area contributed by atoms with Gasteiger partial charge >= 0.3 is 5.97 Å². The molecule has 1 aromatic rings. The highest BCUT2D eigenvalue weighted by Gasteiger charge is 2.35. The third-order valence-corrected chi connectivity index (χ3v) is 6.17. The molecule has 2 heterocycles. The molecule has 0 spiro atoms. The molecule has 2 atom stereocenters. The maximum atomic E-state index is 12.7. The number of carboxylic acids is 1. The summed E-state index contributed by atoms with van der Waals surface area (Å²) < 4.78 is 31.6. The Balaban J connectivity index is 1.71. The first kappa shape index (κ1) is 19.3. The van der Waals surface area contributed by atoms with E-state index in [-0.39, 0.29) is 49.0 Å². The first-order valence-corrected chi connectivity index (χ1v) is 9.77. The largest absolute Gasteiger partial charge is 0.479 e. The Morgan fingerprint density at radius 1 is 1.26 bits per heavy atom. The third kappa shape index (κ3) is 4.26. The van der Waals surface area contributed by atoms with Gasteiger partial charge in [0, 0.05) is 18.8 Å². The molecular weight excluding hydrogens is 378 g/mol. The van der Waals surface area contributed by atoms with Crippen LogP contribution in [-0.2, 0) is 29.1 Å². The summed E-state index contributed by atoms with van der Waals surface area (Å²) in [5, 5.41) is 14.0. The van der Waals surface area contributed by atoms with E-state index in [0.29, 0.717) is 0 Å². The second-order valence-corrected chi connectivity index (χ2v) is 8.17. The number of carboxylic acid groups (broad SMARTS) is 1. The van der Waals surface area contributed by atoms with Gasteiger partial charge in [-0.15, -0.1) is 0 Å². The zero-order valence-electron chi connectivity index (χ0n) is 14.3. The normalized spacial score (nSPS) is 23.6. The van der Waals surface area contributed by atoms with Crippen LogP contribution in [0.1, 0.15) is 12.8 Å². The van der Waals surface area contributed by atoms with Crippen LogP contribution < -0.4 is 10.6 Å². The fraction of sp³-hybridized carbons (Fsp3) is 0.438. The maximum absolute atomic E-state index is 12.7. The molecule has 2 saturated heterocycles. The fourth-order valence-electron chi connectivity index (χ4n) is 2.94. The van der Waals surface area contributed by atoms with Crippen LogP contribution in [0, 0.1) is 0 Å². The molecule has 1 aromatic carbocycles. The van der Waals surface area contributed by atoms with Gasteiger partial charge in [0.05, 0.1) is 11.4 Å². The van der Waals surface area contributed by atoms with Crippen molar-refractivity contribution >= 4 is 33.5 Å². The Hall–Kier alpha value is -2.50. The van der Waals surface area contributed by atoms with E-state index < -0.39 is 34.1 Å². The predicted octanol–water partition coefficient (Wildman–Crippen LogP) is -0.622. The minimum Gasteiger partial charge on any atom is -0.479 e. The van der Waals surface area contributed by atoms with E-state index in [2.05, 4.69) is 10.6 Å². The van der Waals surface area contributed by atoms with Gasteiger partial charge in [0.25, 0.3) is 5.91 Å². The van der Waals surface area contributed by atoms with E-state index in [0.717, 1.165) is 4.31 Å². The van der Waals surface area contributed by atoms with Gasteiger partial charge in [-0.3, -0.25) is 9.59 Å². The molecule has 0 unspecified atom stereocenters. The number of hydrogen-bond acceptors (Lipinski definition) is 6. The summed E-state index contributed by atoms with van der Waals surface area (Å²) in [6.45, 7) is 0.140. The molecular formula is C16H19N3O7S. The number of benzene rings is 1. The smallest absolute Gasteiger partial charge is 0.332 e. The number of carbonyl (C=O) groups excluding carboxylic acids is 2. The number of piperazine rings is 1. The van der Waals surface area contributed by atoms with Crippen LogP contribution in [0.4, 0.5) is 5.69 Å². The van der Waals surface area contributed by atoms with Gasteiger partial charge < -0.3 is 20.5 Å². The quantitative estimate of drug-likeness (QED) is 0.601. The Morgan fingerprint density at radius 3 is 2.67 bits per heavy atom. The van der Waals surface area contributed by atoms with E-state index >= 15 is 0 Å². The van der Waals surface area contributed by atoms with Crippen molar-refractivity contribution in [1.29, 1.82) is 0 Å². The molecule has 0 aromatic heterocycles. The van der Waals surface area contributed by atoms with Crippen molar-refractivity contribution in [3.63, 3.8) is 0 Å². The standard InChI is InChI=1S/C16H19N3O7S/c20-14-9-19(7-6-17-14)27(24,25)11-3-1-2-10(8-11)18-15(21)12-4-5-13(26-12)16(22)23/h1-3,8,12-13H,4-7,9H2,(H,17,20)(H,18,21)(H,22,23)/t12-,13+/m0/s1. The molecule has 27 heavy (non-hydrogen) atoms. The summed E-state index contributed by atoms with van der Waals surface area (Å²) in [6.07, 6.45) is -1.42. The van der Waals surface area contributed by atoms with Crippen molar-refractivity contribution in [2.45, 2.75) is 29.9 Å². The number of carbonyl (C=O) groups is 3. The predicted molar refractivity (Wildman–Crippen MR) is 92.4 cm³/mol. The van der Waals surface area contributed by atoms with E-state index in [4.69, 9.17) is 9.84 Å². The molecule has 0 radical (unpaired) electrons. The minimum absolute atomic E-state index is 0.0502. The van der Waals surface area contributed by atoms with E-state index in [1.165, 1.54) is 24.3 Å². The number of amides is 2. The first-order chi connectivity index (χ1) is 12.8. The highest BCUT2D eigenvalue weighted by atomic mass is 32.2. The van der Waals surface area contributed by atoms with Crippen LogP contribution in [0.15, 0.2) is 29.2 Å². The van der Waals surface area contributed by atoms with Crippen LogP contribution in [0.25, 0.3) is 0 Å². The fourth-order valence-corrected chi connectivity index (χ4v) is 4.38. The second-order valence-electron chi connectivity index (χ2n) is 6.23. The summed E-state index contributed by atoms with van der Waals surface area (Å²) in [4.78, 5) is 34.6. The molecule has 2 amide bonds. The Bertz CT molecular complexity index is 871. The summed E-state index contributed by atoms with van der Waals surface area (Å²) in [5.74, 6) is -2.03. The molecule has 11 heteroatoms. The van der Waals surface area contributed by atoms with E-state index in [9.17, 15) is 22.8 Å². The van der Waals surface area contributed by atoms with E-state index in [1.54, 1.807) is 0 Å². The highest BCUT2D eigenvalue weighted by Crippen LogP contribution is 2.23. The van der Waals surface area contributed by atoms with Crippen molar-refractivity contribution in [2.75, 3.05) is 25.0 Å². The number of nitrogens with one attached hydrogen (secondary N) is 2. The topological polar surface area (TPSA) is 142 Å². The van der Waals surface area contributed by atoms with Crippen molar-refractivity contribution in [3.8, 4) is 0 Å². The van der Waals surface area contributed by atoms with Crippen molar-refractivity contribution in [3.05, 3.63) is 24.3 Å². The summed E-state index contributed by atoms with van der Waals surface area (Å²) in [6, 6.07) is 5.67. The molecule has 3 N–H and O–H groups in total. The lowest BCUT2D eigenvalue weighted by atomic mass is 10.2. The summed E-state index contributed by atoms with van der Waals surface area (Å²) >= 11 is 0. The monoisotopic (exact) mass is 397 g/mol. The molecule has 3 rings (SSSR count).